The van der Waals surface area contributed by atoms with Crippen LogP contribution in [0.3, 0.4) is 0 Å². The van der Waals surface area contributed by atoms with Gasteiger partial charge in [-0.2, -0.15) is 0 Å². The fourth-order valence-corrected chi connectivity index (χ4v) is 4.15. The molecule has 4 heteroatoms. The second-order valence-corrected chi connectivity index (χ2v) is 7.83. The molecular formula is C25H26O3S. The first-order chi connectivity index (χ1) is 14.1. The van der Waals surface area contributed by atoms with Crippen LogP contribution in [0.15, 0.2) is 71.6 Å². The normalized spacial score (nSPS) is 10.6. The van der Waals surface area contributed by atoms with Crippen molar-refractivity contribution in [2.45, 2.75) is 30.9 Å². The molecule has 3 nitrogen and oxygen atoms in total. The molecule has 0 atom stereocenters. The molecule has 0 unspecified atom stereocenters. The molecule has 0 saturated carbocycles. The minimum atomic E-state index is -0.215. The van der Waals surface area contributed by atoms with Crippen LogP contribution in [0.1, 0.15) is 23.6 Å². The summed E-state index contributed by atoms with van der Waals surface area (Å²) in [6.45, 7) is 4.32. The van der Waals surface area contributed by atoms with E-state index in [1.165, 1.54) is 16.0 Å². The summed E-state index contributed by atoms with van der Waals surface area (Å²) < 4.78 is 10.7. The molecule has 150 valence electrons. The molecule has 29 heavy (non-hydrogen) atoms. The van der Waals surface area contributed by atoms with Gasteiger partial charge >= 0.3 is 5.97 Å². The minimum Gasteiger partial charge on any atom is -0.496 e. The van der Waals surface area contributed by atoms with Gasteiger partial charge in [-0.1, -0.05) is 48.0 Å². The zero-order chi connectivity index (χ0) is 20.6. The van der Waals surface area contributed by atoms with Gasteiger partial charge in [0.15, 0.2) is 0 Å². The molecule has 3 aromatic carbocycles. The predicted octanol–water partition coefficient (Wildman–Crippen LogP) is 6.07. The molecule has 0 spiro atoms. The van der Waals surface area contributed by atoms with Crippen molar-refractivity contribution in [3.63, 3.8) is 0 Å². The summed E-state index contributed by atoms with van der Waals surface area (Å²) in [6, 6.07) is 22.8. The molecule has 0 bridgehead atoms. The third-order valence-electron chi connectivity index (χ3n) is 4.61. The van der Waals surface area contributed by atoms with Gasteiger partial charge in [-0.15, -0.1) is 11.8 Å². The van der Waals surface area contributed by atoms with E-state index in [9.17, 15) is 4.79 Å². The summed E-state index contributed by atoms with van der Waals surface area (Å²) in [5, 5.41) is 0. The predicted molar refractivity (Wildman–Crippen MR) is 120 cm³/mol. The lowest BCUT2D eigenvalue weighted by atomic mass is 9.95. The van der Waals surface area contributed by atoms with Crippen molar-refractivity contribution in [1.29, 1.82) is 0 Å². The Labute approximate surface area is 177 Å². The Morgan fingerprint density at radius 2 is 1.76 bits per heavy atom. The maximum atomic E-state index is 11.9. The number of methoxy groups -OCH3 is 1. The van der Waals surface area contributed by atoms with Gasteiger partial charge in [-0.05, 0) is 54.8 Å². The van der Waals surface area contributed by atoms with Crippen LogP contribution in [-0.4, -0.2) is 19.7 Å². The third-order valence-corrected chi connectivity index (χ3v) is 5.67. The third kappa shape index (κ3) is 5.64. The van der Waals surface area contributed by atoms with E-state index in [-0.39, 0.29) is 12.4 Å². The number of carbonyl (C=O) groups is 1. The highest BCUT2D eigenvalue weighted by Crippen LogP contribution is 2.36. The van der Waals surface area contributed by atoms with Crippen LogP contribution < -0.4 is 4.74 Å². The molecule has 0 aliphatic rings. The number of hydrogen-bond acceptors (Lipinski definition) is 4. The molecule has 0 amide bonds. The van der Waals surface area contributed by atoms with Crippen molar-refractivity contribution < 1.29 is 14.3 Å². The molecule has 0 saturated heterocycles. The number of aryl methyl sites for hydroxylation is 1. The Kier molecular flexibility index (Phi) is 7.36. The van der Waals surface area contributed by atoms with Gasteiger partial charge < -0.3 is 9.47 Å². The molecular weight excluding hydrogens is 380 g/mol. The van der Waals surface area contributed by atoms with Crippen LogP contribution in [0.2, 0.25) is 0 Å². The average molecular weight is 407 g/mol. The smallest absolute Gasteiger partial charge is 0.310 e. The highest BCUT2D eigenvalue weighted by molar-refractivity contribution is 7.98. The SMILES string of the molecule is CCOC(=O)Cc1ccc(OC)c(-c2ccc(C)cc2CSc2ccccc2)c1. The number of rotatable bonds is 8. The second-order valence-electron chi connectivity index (χ2n) is 6.78. The second kappa shape index (κ2) is 10.2. The van der Waals surface area contributed by atoms with E-state index in [0.29, 0.717) is 6.61 Å². The highest BCUT2D eigenvalue weighted by Gasteiger charge is 2.14. The van der Waals surface area contributed by atoms with Gasteiger partial charge in [0.25, 0.3) is 0 Å². The molecule has 0 aliphatic carbocycles. The van der Waals surface area contributed by atoms with Crippen LogP contribution in [0.4, 0.5) is 0 Å². The van der Waals surface area contributed by atoms with E-state index in [1.807, 2.05) is 43.0 Å². The largest absolute Gasteiger partial charge is 0.496 e. The van der Waals surface area contributed by atoms with Crippen LogP contribution >= 0.6 is 11.8 Å². The number of ether oxygens (including phenoxy) is 2. The van der Waals surface area contributed by atoms with E-state index >= 15 is 0 Å². The van der Waals surface area contributed by atoms with Crippen LogP contribution in [0.25, 0.3) is 11.1 Å². The monoisotopic (exact) mass is 406 g/mol. The number of benzene rings is 3. The number of carbonyl (C=O) groups excluding carboxylic acids is 1. The lowest BCUT2D eigenvalue weighted by Gasteiger charge is -2.15. The summed E-state index contributed by atoms with van der Waals surface area (Å²) in [7, 11) is 1.68. The van der Waals surface area contributed by atoms with E-state index < -0.39 is 0 Å². The van der Waals surface area contributed by atoms with Crippen molar-refractivity contribution in [1.82, 2.24) is 0 Å². The first kappa shape index (κ1) is 21.0. The first-order valence-corrected chi connectivity index (χ1v) is 10.7. The van der Waals surface area contributed by atoms with Crippen molar-refractivity contribution in [2.24, 2.45) is 0 Å². The average Bonchev–Trinajstić information content (AvgIpc) is 2.73. The molecule has 0 radical (unpaired) electrons. The summed E-state index contributed by atoms with van der Waals surface area (Å²) in [6.07, 6.45) is 0.255. The summed E-state index contributed by atoms with van der Waals surface area (Å²) in [5.41, 5.74) is 5.51. The topological polar surface area (TPSA) is 35.5 Å². The molecule has 0 fully saturated rings. The molecule has 3 aromatic rings. The number of thioether (sulfide) groups is 1. The number of hydrogen-bond donors (Lipinski definition) is 0. The summed E-state index contributed by atoms with van der Waals surface area (Å²) >= 11 is 1.81. The van der Waals surface area contributed by atoms with Gasteiger partial charge in [0, 0.05) is 16.2 Å². The number of esters is 1. The molecule has 0 aliphatic heterocycles. The zero-order valence-electron chi connectivity index (χ0n) is 17.1. The maximum absolute atomic E-state index is 11.9. The van der Waals surface area contributed by atoms with Gasteiger partial charge in [-0.3, -0.25) is 4.79 Å². The van der Waals surface area contributed by atoms with Crippen molar-refractivity contribution >= 4 is 17.7 Å². The van der Waals surface area contributed by atoms with E-state index in [1.54, 1.807) is 7.11 Å². The summed E-state index contributed by atoms with van der Waals surface area (Å²) in [5.74, 6) is 1.44. The van der Waals surface area contributed by atoms with Crippen molar-refractivity contribution in [3.8, 4) is 16.9 Å². The van der Waals surface area contributed by atoms with Gasteiger partial charge in [0.05, 0.1) is 20.1 Å². The van der Waals surface area contributed by atoms with E-state index in [4.69, 9.17) is 9.47 Å². The standard InChI is InChI=1S/C25H26O3S/c1-4-28-25(26)16-19-11-13-24(27-3)23(15-19)22-12-10-18(2)14-20(22)17-29-21-8-6-5-7-9-21/h5-15H,4,16-17H2,1-3H3. The van der Waals surface area contributed by atoms with Gasteiger partial charge in [0.1, 0.15) is 5.75 Å². The fraction of sp³-hybridized carbons (Fsp3) is 0.240. The van der Waals surface area contributed by atoms with Gasteiger partial charge in [-0.25, -0.2) is 0 Å². The van der Waals surface area contributed by atoms with E-state index in [2.05, 4.69) is 49.4 Å². The quantitative estimate of drug-likeness (QED) is 0.336. The van der Waals surface area contributed by atoms with Crippen LogP contribution in [-0.2, 0) is 21.7 Å². The maximum Gasteiger partial charge on any atom is 0.310 e. The molecule has 0 N–H and O–H groups in total. The van der Waals surface area contributed by atoms with Gasteiger partial charge in [0.2, 0.25) is 0 Å². The Morgan fingerprint density at radius 1 is 0.966 bits per heavy atom. The Morgan fingerprint density at radius 3 is 2.48 bits per heavy atom. The first-order valence-electron chi connectivity index (χ1n) is 9.71. The molecule has 3 rings (SSSR count). The van der Waals surface area contributed by atoms with Crippen LogP contribution in [0, 0.1) is 6.92 Å². The van der Waals surface area contributed by atoms with E-state index in [0.717, 1.165) is 28.2 Å². The molecule has 0 aromatic heterocycles. The summed E-state index contributed by atoms with van der Waals surface area (Å²) in [4.78, 5) is 13.2. The molecule has 0 heterocycles. The van der Waals surface area contributed by atoms with Crippen molar-refractivity contribution in [3.05, 3.63) is 83.4 Å². The van der Waals surface area contributed by atoms with Crippen LogP contribution in [0.5, 0.6) is 5.75 Å². The lowest BCUT2D eigenvalue weighted by Crippen LogP contribution is -2.07. The zero-order valence-corrected chi connectivity index (χ0v) is 17.9. The highest BCUT2D eigenvalue weighted by atomic mass is 32.2. The Bertz CT molecular complexity index is 967. The lowest BCUT2D eigenvalue weighted by molar-refractivity contribution is -0.142. The Hall–Kier alpha value is -2.72. The minimum absolute atomic E-state index is 0.215. The van der Waals surface area contributed by atoms with Crippen molar-refractivity contribution in [2.75, 3.05) is 13.7 Å². The fourth-order valence-electron chi connectivity index (χ4n) is 3.24. The Balaban J connectivity index is 1.95.